The third-order valence-electron chi connectivity index (χ3n) is 1.81. The molecular formula is C8H7N3O. The number of rotatable bonds is 1. The van der Waals surface area contributed by atoms with Gasteiger partial charge in [-0.1, -0.05) is 0 Å². The fourth-order valence-corrected chi connectivity index (χ4v) is 1.18. The lowest BCUT2D eigenvalue weighted by molar-refractivity contribution is 0.948. The first-order valence-corrected chi connectivity index (χ1v) is 3.56. The van der Waals surface area contributed by atoms with Gasteiger partial charge in [-0.3, -0.25) is 0 Å². The fraction of sp³-hybridized carbons (Fsp3) is 0.125. The lowest BCUT2D eigenvalue weighted by Crippen LogP contribution is -1.81. The van der Waals surface area contributed by atoms with Crippen molar-refractivity contribution in [3.05, 3.63) is 29.4 Å². The molecule has 4 heteroatoms. The standard InChI is InChI=1S/C8H7N3O/c1-11-5-9-7-4-6(10-12)2-3-8(7)11/h2-5H,1H3. The van der Waals surface area contributed by atoms with Crippen LogP contribution in [-0.2, 0) is 7.05 Å². The van der Waals surface area contributed by atoms with E-state index < -0.39 is 0 Å². The third kappa shape index (κ3) is 0.887. The smallest absolute Gasteiger partial charge is 0.110 e. The van der Waals surface area contributed by atoms with E-state index in [-0.39, 0.29) is 0 Å². The zero-order valence-corrected chi connectivity index (χ0v) is 6.56. The summed E-state index contributed by atoms with van der Waals surface area (Å²) in [6.07, 6.45) is 1.71. The molecule has 2 aromatic rings. The van der Waals surface area contributed by atoms with Gasteiger partial charge >= 0.3 is 0 Å². The Morgan fingerprint density at radius 3 is 3.08 bits per heavy atom. The van der Waals surface area contributed by atoms with Gasteiger partial charge in [0.15, 0.2) is 0 Å². The van der Waals surface area contributed by atoms with Gasteiger partial charge in [-0.2, -0.15) is 0 Å². The quantitative estimate of drug-likeness (QED) is 0.600. The van der Waals surface area contributed by atoms with Crippen LogP contribution in [0.5, 0.6) is 0 Å². The fourth-order valence-electron chi connectivity index (χ4n) is 1.18. The molecule has 0 fully saturated rings. The van der Waals surface area contributed by atoms with Crippen LogP contribution < -0.4 is 0 Å². The zero-order valence-electron chi connectivity index (χ0n) is 6.56. The molecule has 0 N–H and O–H groups in total. The van der Waals surface area contributed by atoms with Gasteiger partial charge in [0.2, 0.25) is 0 Å². The molecule has 0 aliphatic heterocycles. The minimum Gasteiger partial charge on any atom is -0.334 e. The van der Waals surface area contributed by atoms with Crippen molar-refractivity contribution in [1.29, 1.82) is 0 Å². The molecule has 4 nitrogen and oxygen atoms in total. The molecule has 2 rings (SSSR count). The average Bonchev–Trinajstić information content (AvgIpc) is 2.47. The monoisotopic (exact) mass is 161 g/mol. The highest BCUT2D eigenvalue weighted by Gasteiger charge is 1.99. The molecule has 1 aromatic carbocycles. The number of hydrogen-bond acceptors (Lipinski definition) is 3. The molecule has 60 valence electrons. The summed E-state index contributed by atoms with van der Waals surface area (Å²) in [6, 6.07) is 5.18. The maximum Gasteiger partial charge on any atom is 0.110 e. The van der Waals surface area contributed by atoms with Crippen molar-refractivity contribution in [2.24, 2.45) is 12.2 Å². The van der Waals surface area contributed by atoms with E-state index in [1.807, 2.05) is 17.7 Å². The van der Waals surface area contributed by atoms with E-state index in [1.54, 1.807) is 18.5 Å². The third-order valence-corrected chi connectivity index (χ3v) is 1.81. The summed E-state index contributed by atoms with van der Waals surface area (Å²) in [5, 5.41) is 2.83. The van der Waals surface area contributed by atoms with E-state index in [1.165, 1.54) is 0 Å². The zero-order chi connectivity index (χ0) is 8.55. The molecule has 12 heavy (non-hydrogen) atoms. The van der Waals surface area contributed by atoms with Gasteiger partial charge < -0.3 is 4.57 Å². The van der Waals surface area contributed by atoms with Crippen LogP contribution in [0.4, 0.5) is 5.69 Å². The summed E-state index contributed by atoms with van der Waals surface area (Å²) in [6.45, 7) is 0. The minimum atomic E-state index is 0.418. The Hall–Kier alpha value is -1.71. The first-order chi connectivity index (χ1) is 5.81. The first kappa shape index (κ1) is 6.97. The predicted molar refractivity (Wildman–Crippen MR) is 46.2 cm³/mol. The number of benzene rings is 1. The lowest BCUT2D eigenvalue weighted by atomic mass is 10.3. The average molecular weight is 161 g/mol. The SMILES string of the molecule is Cn1cnc2cc(N=O)ccc21. The molecule has 0 spiro atoms. The van der Waals surface area contributed by atoms with E-state index in [4.69, 9.17) is 0 Å². The summed E-state index contributed by atoms with van der Waals surface area (Å²) in [5.74, 6) is 0. The summed E-state index contributed by atoms with van der Waals surface area (Å²) in [4.78, 5) is 14.3. The molecule has 1 aromatic heterocycles. The van der Waals surface area contributed by atoms with Crippen molar-refractivity contribution in [1.82, 2.24) is 9.55 Å². The summed E-state index contributed by atoms with van der Waals surface area (Å²) < 4.78 is 1.89. The number of fused-ring (bicyclic) bond motifs is 1. The van der Waals surface area contributed by atoms with Gasteiger partial charge in [-0.15, -0.1) is 4.91 Å². The summed E-state index contributed by atoms with van der Waals surface area (Å²) >= 11 is 0. The van der Waals surface area contributed by atoms with E-state index in [9.17, 15) is 4.91 Å². The molecule has 0 amide bonds. The molecule has 0 unspecified atom stereocenters. The number of nitroso groups, excluding NO2 is 1. The van der Waals surface area contributed by atoms with Gasteiger partial charge in [0.1, 0.15) is 5.69 Å². The minimum absolute atomic E-state index is 0.418. The highest BCUT2D eigenvalue weighted by atomic mass is 16.3. The van der Waals surface area contributed by atoms with Crippen LogP contribution in [0.25, 0.3) is 11.0 Å². The molecule has 0 saturated heterocycles. The first-order valence-electron chi connectivity index (χ1n) is 3.56. The highest BCUT2D eigenvalue weighted by Crippen LogP contribution is 2.18. The maximum atomic E-state index is 10.2. The summed E-state index contributed by atoms with van der Waals surface area (Å²) in [7, 11) is 1.91. The second kappa shape index (κ2) is 2.41. The van der Waals surface area contributed by atoms with Gasteiger partial charge in [-0.05, 0) is 23.4 Å². The maximum absolute atomic E-state index is 10.2. The van der Waals surface area contributed by atoms with Crippen LogP contribution in [0.3, 0.4) is 0 Å². The summed E-state index contributed by atoms with van der Waals surface area (Å²) in [5.41, 5.74) is 2.22. The number of aryl methyl sites for hydroxylation is 1. The number of nitrogens with zero attached hydrogens (tertiary/aromatic N) is 3. The molecule has 0 aliphatic rings. The number of hydrogen-bond donors (Lipinski definition) is 0. The van der Waals surface area contributed by atoms with Crippen molar-refractivity contribution in [2.75, 3.05) is 0 Å². The van der Waals surface area contributed by atoms with Gasteiger partial charge in [-0.25, -0.2) is 4.98 Å². The molecule has 0 saturated carbocycles. The second-order valence-electron chi connectivity index (χ2n) is 2.62. The van der Waals surface area contributed by atoms with Crippen LogP contribution in [0, 0.1) is 4.91 Å². The molecular weight excluding hydrogens is 154 g/mol. The molecule has 1 heterocycles. The van der Waals surface area contributed by atoms with Crippen molar-refractivity contribution in [3.63, 3.8) is 0 Å². The largest absolute Gasteiger partial charge is 0.334 e. The van der Waals surface area contributed by atoms with Crippen molar-refractivity contribution in [3.8, 4) is 0 Å². The van der Waals surface area contributed by atoms with Crippen molar-refractivity contribution < 1.29 is 0 Å². The van der Waals surface area contributed by atoms with Crippen LogP contribution in [0.1, 0.15) is 0 Å². The van der Waals surface area contributed by atoms with E-state index in [0.29, 0.717) is 5.69 Å². The van der Waals surface area contributed by atoms with E-state index in [2.05, 4.69) is 10.2 Å². The normalized spacial score (nSPS) is 10.4. The number of aromatic nitrogens is 2. The topological polar surface area (TPSA) is 47.2 Å². The van der Waals surface area contributed by atoms with Crippen molar-refractivity contribution in [2.45, 2.75) is 0 Å². The Morgan fingerprint density at radius 1 is 1.50 bits per heavy atom. The number of imidazole rings is 1. The van der Waals surface area contributed by atoms with Gasteiger partial charge in [0.05, 0.1) is 17.4 Å². The van der Waals surface area contributed by atoms with Gasteiger partial charge in [0, 0.05) is 7.05 Å². The van der Waals surface area contributed by atoms with Crippen molar-refractivity contribution >= 4 is 16.7 Å². The van der Waals surface area contributed by atoms with Gasteiger partial charge in [0.25, 0.3) is 0 Å². The van der Waals surface area contributed by atoms with Crippen LogP contribution >= 0.6 is 0 Å². The van der Waals surface area contributed by atoms with E-state index >= 15 is 0 Å². The molecule has 0 atom stereocenters. The Kier molecular flexibility index (Phi) is 1.40. The highest BCUT2D eigenvalue weighted by molar-refractivity contribution is 5.78. The molecule has 0 aliphatic carbocycles. The Balaban J connectivity index is 2.77. The molecule has 0 radical (unpaired) electrons. The molecule has 0 bridgehead atoms. The Labute approximate surface area is 68.8 Å². The lowest BCUT2D eigenvalue weighted by Gasteiger charge is -1.92. The van der Waals surface area contributed by atoms with E-state index in [0.717, 1.165) is 11.0 Å². The van der Waals surface area contributed by atoms with Crippen LogP contribution in [0.2, 0.25) is 0 Å². The van der Waals surface area contributed by atoms with Crippen LogP contribution in [-0.4, -0.2) is 9.55 Å². The Morgan fingerprint density at radius 2 is 2.33 bits per heavy atom. The second-order valence-corrected chi connectivity index (χ2v) is 2.62. The Bertz CT molecular complexity index is 433. The van der Waals surface area contributed by atoms with Crippen LogP contribution in [0.15, 0.2) is 29.7 Å². The predicted octanol–water partition coefficient (Wildman–Crippen LogP) is 1.97.